The highest BCUT2D eigenvalue weighted by Crippen LogP contribution is 2.19. The molecule has 2 heteroatoms. The fourth-order valence-corrected chi connectivity index (χ4v) is 1.69. The molecule has 1 rings (SSSR count). The zero-order valence-corrected chi connectivity index (χ0v) is 7.05. The van der Waals surface area contributed by atoms with Crippen molar-refractivity contribution in [1.82, 2.24) is 4.90 Å². The molecular formula is C9H15NO. The Labute approximate surface area is 67.9 Å². The predicted octanol–water partition coefficient (Wildman–Crippen LogP) is 1.57. The molecule has 0 N–H and O–H groups in total. The molecule has 1 aliphatic rings. The lowest BCUT2D eigenvalue weighted by atomic mass is 10.1. The molecule has 1 aliphatic heterocycles. The van der Waals surface area contributed by atoms with Crippen molar-refractivity contribution in [2.24, 2.45) is 0 Å². The number of carbonyl (C=O) groups is 1. The van der Waals surface area contributed by atoms with Crippen molar-refractivity contribution in [1.29, 1.82) is 0 Å². The topological polar surface area (TPSA) is 20.3 Å². The Bertz CT molecular complexity index is 165. The minimum Gasteiger partial charge on any atom is -0.340 e. The van der Waals surface area contributed by atoms with Gasteiger partial charge in [0.1, 0.15) is 0 Å². The molecule has 1 heterocycles. The van der Waals surface area contributed by atoms with E-state index >= 15 is 0 Å². The molecular weight excluding hydrogens is 138 g/mol. The molecule has 0 aromatic carbocycles. The van der Waals surface area contributed by atoms with Crippen molar-refractivity contribution in [2.75, 3.05) is 6.54 Å². The zero-order chi connectivity index (χ0) is 8.27. The van der Waals surface area contributed by atoms with Crippen LogP contribution in [-0.2, 0) is 4.79 Å². The first-order chi connectivity index (χ1) is 5.25. The van der Waals surface area contributed by atoms with E-state index in [-0.39, 0.29) is 5.91 Å². The standard InChI is InChI=1S/C9H15NO/c1-3-5-9-6-4-7-10(9)8(2)11/h3,9H,1,4-7H2,2H3. The average Bonchev–Trinajstić information content (AvgIpc) is 2.36. The average molecular weight is 153 g/mol. The van der Waals surface area contributed by atoms with Gasteiger partial charge in [0.15, 0.2) is 0 Å². The molecule has 62 valence electrons. The maximum Gasteiger partial charge on any atom is 0.219 e. The molecule has 0 bridgehead atoms. The van der Waals surface area contributed by atoms with Gasteiger partial charge in [-0.1, -0.05) is 6.08 Å². The van der Waals surface area contributed by atoms with Crippen LogP contribution in [0.25, 0.3) is 0 Å². The Hall–Kier alpha value is -0.790. The van der Waals surface area contributed by atoms with E-state index in [0.717, 1.165) is 25.8 Å². The van der Waals surface area contributed by atoms with Crippen LogP contribution in [0.1, 0.15) is 26.2 Å². The number of rotatable bonds is 2. The Morgan fingerprint density at radius 3 is 3.09 bits per heavy atom. The molecule has 1 atom stereocenters. The third kappa shape index (κ3) is 1.82. The van der Waals surface area contributed by atoms with Gasteiger partial charge in [0, 0.05) is 19.5 Å². The number of hydrogen-bond acceptors (Lipinski definition) is 1. The fraction of sp³-hybridized carbons (Fsp3) is 0.667. The van der Waals surface area contributed by atoms with Gasteiger partial charge >= 0.3 is 0 Å². The van der Waals surface area contributed by atoms with E-state index in [2.05, 4.69) is 6.58 Å². The van der Waals surface area contributed by atoms with Gasteiger partial charge in [0.25, 0.3) is 0 Å². The van der Waals surface area contributed by atoms with Crippen LogP contribution in [-0.4, -0.2) is 23.4 Å². The zero-order valence-electron chi connectivity index (χ0n) is 7.05. The number of likely N-dealkylation sites (tertiary alicyclic amines) is 1. The van der Waals surface area contributed by atoms with E-state index in [1.165, 1.54) is 0 Å². The summed E-state index contributed by atoms with van der Waals surface area (Å²) in [5.41, 5.74) is 0. The van der Waals surface area contributed by atoms with Gasteiger partial charge in [0.2, 0.25) is 5.91 Å². The quantitative estimate of drug-likeness (QED) is 0.551. The van der Waals surface area contributed by atoms with Gasteiger partial charge in [-0.2, -0.15) is 0 Å². The highest BCUT2D eigenvalue weighted by molar-refractivity contribution is 5.73. The molecule has 0 saturated carbocycles. The van der Waals surface area contributed by atoms with Gasteiger partial charge in [-0.3, -0.25) is 4.79 Å². The summed E-state index contributed by atoms with van der Waals surface area (Å²) in [5.74, 6) is 0.203. The summed E-state index contributed by atoms with van der Waals surface area (Å²) in [4.78, 5) is 13.0. The molecule has 1 unspecified atom stereocenters. The SMILES string of the molecule is C=CCC1CCCN1C(C)=O. The molecule has 2 nitrogen and oxygen atoms in total. The third-order valence-corrected chi connectivity index (χ3v) is 2.22. The van der Waals surface area contributed by atoms with Crippen molar-refractivity contribution in [3.63, 3.8) is 0 Å². The number of amides is 1. The molecule has 1 amide bonds. The molecule has 0 aliphatic carbocycles. The maximum atomic E-state index is 11.0. The summed E-state index contributed by atoms with van der Waals surface area (Å²) in [6, 6.07) is 0.435. The van der Waals surface area contributed by atoms with Crippen molar-refractivity contribution in [3.05, 3.63) is 12.7 Å². The van der Waals surface area contributed by atoms with E-state index in [1.54, 1.807) is 6.92 Å². The highest BCUT2D eigenvalue weighted by Gasteiger charge is 2.24. The van der Waals surface area contributed by atoms with Gasteiger partial charge in [-0.05, 0) is 19.3 Å². The summed E-state index contributed by atoms with van der Waals surface area (Å²) in [5, 5.41) is 0. The lowest BCUT2D eigenvalue weighted by Crippen LogP contribution is -2.33. The fourth-order valence-electron chi connectivity index (χ4n) is 1.69. The Morgan fingerprint density at radius 1 is 1.82 bits per heavy atom. The van der Waals surface area contributed by atoms with Crippen LogP contribution in [0.15, 0.2) is 12.7 Å². The van der Waals surface area contributed by atoms with E-state index in [4.69, 9.17) is 0 Å². The van der Waals surface area contributed by atoms with E-state index < -0.39 is 0 Å². The molecule has 0 radical (unpaired) electrons. The summed E-state index contributed by atoms with van der Waals surface area (Å²) in [7, 11) is 0. The minimum absolute atomic E-state index is 0.203. The molecule has 1 fully saturated rings. The van der Waals surface area contributed by atoms with E-state index in [0.29, 0.717) is 6.04 Å². The lowest BCUT2D eigenvalue weighted by Gasteiger charge is -2.21. The monoisotopic (exact) mass is 153 g/mol. The largest absolute Gasteiger partial charge is 0.340 e. The number of hydrogen-bond donors (Lipinski definition) is 0. The van der Waals surface area contributed by atoms with E-state index in [9.17, 15) is 4.79 Å². The van der Waals surface area contributed by atoms with Crippen LogP contribution in [0.3, 0.4) is 0 Å². The minimum atomic E-state index is 0.203. The predicted molar refractivity (Wildman–Crippen MR) is 45.2 cm³/mol. The van der Waals surface area contributed by atoms with Crippen LogP contribution < -0.4 is 0 Å². The molecule has 11 heavy (non-hydrogen) atoms. The molecule has 0 spiro atoms. The van der Waals surface area contributed by atoms with Crippen LogP contribution >= 0.6 is 0 Å². The summed E-state index contributed by atoms with van der Waals surface area (Å²) in [6.07, 6.45) is 5.13. The van der Waals surface area contributed by atoms with E-state index in [1.807, 2.05) is 11.0 Å². The number of nitrogens with zero attached hydrogens (tertiary/aromatic N) is 1. The molecule has 0 aromatic heterocycles. The lowest BCUT2D eigenvalue weighted by molar-refractivity contribution is -0.129. The third-order valence-electron chi connectivity index (χ3n) is 2.22. The van der Waals surface area contributed by atoms with Crippen molar-refractivity contribution < 1.29 is 4.79 Å². The first-order valence-electron chi connectivity index (χ1n) is 4.14. The van der Waals surface area contributed by atoms with Crippen LogP contribution in [0.4, 0.5) is 0 Å². The van der Waals surface area contributed by atoms with Crippen molar-refractivity contribution >= 4 is 5.91 Å². The summed E-state index contributed by atoms with van der Waals surface area (Å²) < 4.78 is 0. The van der Waals surface area contributed by atoms with Crippen LogP contribution in [0, 0.1) is 0 Å². The van der Waals surface area contributed by atoms with Crippen LogP contribution in [0.5, 0.6) is 0 Å². The second kappa shape index (κ2) is 3.56. The van der Waals surface area contributed by atoms with Gasteiger partial charge in [0.05, 0.1) is 0 Å². The number of carbonyl (C=O) groups excluding carboxylic acids is 1. The normalized spacial score (nSPS) is 23.7. The van der Waals surface area contributed by atoms with Gasteiger partial charge in [-0.25, -0.2) is 0 Å². The molecule has 1 saturated heterocycles. The Balaban J connectivity index is 2.50. The first-order valence-corrected chi connectivity index (χ1v) is 4.14. The van der Waals surface area contributed by atoms with Gasteiger partial charge < -0.3 is 4.90 Å². The second-order valence-electron chi connectivity index (χ2n) is 3.03. The van der Waals surface area contributed by atoms with Crippen molar-refractivity contribution in [3.8, 4) is 0 Å². The molecule has 0 aromatic rings. The Morgan fingerprint density at radius 2 is 2.55 bits per heavy atom. The summed E-state index contributed by atoms with van der Waals surface area (Å²) >= 11 is 0. The Kier molecular flexibility index (Phi) is 2.69. The maximum absolute atomic E-state index is 11.0. The van der Waals surface area contributed by atoms with Crippen LogP contribution in [0.2, 0.25) is 0 Å². The first kappa shape index (κ1) is 8.31. The highest BCUT2D eigenvalue weighted by atomic mass is 16.2. The smallest absolute Gasteiger partial charge is 0.219 e. The second-order valence-corrected chi connectivity index (χ2v) is 3.03. The van der Waals surface area contributed by atoms with Crippen molar-refractivity contribution in [2.45, 2.75) is 32.2 Å². The summed E-state index contributed by atoms with van der Waals surface area (Å²) in [6.45, 7) is 6.26. The van der Waals surface area contributed by atoms with Gasteiger partial charge in [-0.15, -0.1) is 6.58 Å².